The Morgan fingerprint density at radius 3 is 1.97 bits per heavy atom. The summed E-state index contributed by atoms with van der Waals surface area (Å²) in [4.78, 5) is 11.3. The van der Waals surface area contributed by atoms with Crippen LogP contribution in [0, 0.1) is 5.92 Å². The van der Waals surface area contributed by atoms with Crippen molar-refractivity contribution in [3.8, 4) is 5.75 Å². The fraction of sp³-hybridized carbons (Fsp3) is 0.409. The molecule has 0 radical (unpaired) electrons. The van der Waals surface area contributed by atoms with Crippen molar-refractivity contribution in [1.29, 1.82) is 0 Å². The summed E-state index contributed by atoms with van der Waals surface area (Å²) in [6.45, 7) is 3.24. The molecule has 0 amide bonds. The monoisotopic (exact) mass is 493 g/mol. The Bertz CT molecular complexity index is 840. The zero-order valence-corrected chi connectivity index (χ0v) is 18.6. The molecule has 1 atom stereocenters. The molecular weight excluding hydrogens is 470 g/mol. The number of carbonyl (C=O) groups is 1. The molecule has 1 fully saturated rings. The number of alkyl halides is 3. The van der Waals surface area contributed by atoms with Crippen molar-refractivity contribution in [2.24, 2.45) is 5.92 Å². The summed E-state index contributed by atoms with van der Waals surface area (Å²) in [7, 11) is 0. The van der Waals surface area contributed by atoms with Gasteiger partial charge in [0.1, 0.15) is 12.4 Å². The first-order valence-electron chi connectivity index (χ1n) is 9.88. The second kappa shape index (κ2) is 12.3. The molecule has 3 rings (SSSR count). The van der Waals surface area contributed by atoms with E-state index in [0.717, 1.165) is 43.2 Å². The van der Waals surface area contributed by atoms with Crippen LogP contribution in [0.25, 0.3) is 0 Å². The Hall–Kier alpha value is -2.00. The Morgan fingerprint density at radius 1 is 1.03 bits per heavy atom. The smallest absolute Gasteiger partial charge is 0.490 e. The van der Waals surface area contributed by atoms with Crippen LogP contribution in [0.2, 0.25) is 10.0 Å². The van der Waals surface area contributed by atoms with E-state index in [1.165, 1.54) is 5.56 Å². The summed E-state index contributed by atoms with van der Waals surface area (Å²) in [6.07, 6.45) is -3.55. The number of halogens is 5. The molecule has 1 aliphatic heterocycles. The van der Waals surface area contributed by atoms with Crippen LogP contribution in [0.15, 0.2) is 48.5 Å². The molecule has 1 heterocycles. The molecule has 10 heteroatoms. The average Bonchev–Trinajstić information content (AvgIpc) is 2.75. The van der Waals surface area contributed by atoms with Gasteiger partial charge < -0.3 is 14.9 Å². The zero-order valence-electron chi connectivity index (χ0n) is 17.1. The van der Waals surface area contributed by atoms with E-state index in [1.54, 1.807) is 12.1 Å². The third-order valence-corrected chi connectivity index (χ3v) is 5.48. The van der Waals surface area contributed by atoms with Gasteiger partial charge in [0.2, 0.25) is 0 Å². The molecule has 176 valence electrons. The van der Waals surface area contributed by atoms with Gasteiger partial charge in [-0.2, -0.15) is 13.2 Å². The predicted molar refractivity (Wildman–Crippen MR) is 116 cm³/mol. The number of aliphatic hydroxyl groups excluding tert-OH is 1. The number of ether oxygens (including phenoxy) is 1. The number of nitrogens with zero attached hydrogens (tertiary/aromatic N) is 1. The first kappa shape index (κ1) is 26.3. The van der Waals surface area contributed by atoms with Gasteiger partial charge in [0.15, 0.2) is 0 Å². The van der Waals surface area contributed by atoms with Crippen molar-refractivity contribution in [3.63, 3.8) is 0 Å². The molecule has 0 bridgehead atoms. The van der Waals surface area contributed by atoms with Crippen molar-refractivity contribution in [2.75, 3.05) is 19.7 Å². The van der Waals surface area contributed by atoms with E-state index >= 15 is 0 Å². The number of likely N-dealkylation sites (tertiary alicyclic amines) is 1. The van der Waals surface area contributed by atoms with Crippen molar-refractivity contribution < 1.29 is 32.9 Å². The Kier molecular flexibility index (Phi) is 10.1. The van der Waals surface area contributed by atoms with E-state index in [2.05, 4.69) is 17.0 Å². The number of hydrogen-bond donors (Lipinski definition) is 2. The minimum atomic E-state index is -5.08. The molecular formula is C22H24Cl2F3NO4. The third kappa shape index (κ3) is 9.24. The van der Waals surface area contributed by atoms with E-state index in [1.807, 2.05) is 24.3 Å². The van der Waals surface area contributed by atoms with Crippen LogP contribution in [-0.2, 0) is 11.3 Å². The molecule has 1 aliphatic rings. The molecule has 0 saturated carbocycles. The highest BCUT2D eigenvalue weighted by atomic mass is 35.5. The number of carboxylic acid groups (broad SMARTS) is 1. The molecule has 0 aliphatic carbocycles. The van der Waals surface area contributed by atoms with Crippen LogP contribution >= 0.6 is 23.2 Å². The summed E-state index contributed by atoms with van der Waals surface area (Å²) in [5, 5.41) is 19.0. The first-order chi connectivity index (χ1) is 15.0. The molecule has 0 spiro atoms. The van der Waals surface area contributed by atoms with E-state index in [0.29, 0.717) is 11.6 Å². The topological polar surface area (TPSA) is 70.0 Å². The van der Waals surface area contributed by atoms with Crippen LogP contribution in [0.4, 0.5) is 13.2 Å². The normalized spacial score (nSPS) is 16.1. The van der Waals surface area contributed by atoms with E-state index in [4.69, 9.17) is 37.8 Å². The van der Waals surface area contributed by atoms with Gasteiger partial charge in [-0.1, -0.05) is 35.3 Å². The minimum Gasteiger partial charge on any atom is -0.491 e. The lowest BCUT2D eigenvalue weighted by atomic mass is 9.91. The number of aliphatic carboxylic acids is 1. The van der Waals surface area contributed by atoms with Crippen molar-refractivity contribution >= 4 is 29.2 Å². The number of benzene rings is 2. The number of rotatable bonds is 6. The van der Waals surface area contributed by atoms with Gasteiger partial charge in [-0.3, -0.25) is 4.90 Å². The van der Waals surface area contributed by atoms with Gasteiger partial charge in [-0.25, -0.2) is 4.79 Å². The Balaban J connectivity index is 0.000000451. The van der Waals surface area contributed by atoms with Crippen LogP contribution in [-0.4, -0.2) is 53.1 Å². The van der Waals surface area contributed by atoms with Gasteiger partial charge in [-0.15, -0.1) is 0 Å². The summed E-state index contributed by atoms with van der Waals surface area (Å²) < 4.78 is 37.4. The predicted octanol–water partition coefficient (Wildman–Crippen LogP) is 5.28. The highest BCUT2D eigenvalue weighted by Gasteiger charge is 2.38. The first-order valence-corrected chi connectivity index (χ1v) is 10.6. The van der Waals surface area contributed by atoms with Gasteiger partial charge >= 0.3 is 12.1 Å². The highest BCUT2D eigenvalue weighted by molar-refractivity contribution is 6.30. The maximum atomic E-state index is 10.6. The summed E-state index contributed by atoms with van der Waals surface area (Å²) in [5.74, 6) is -1.73. The van der Waals surface area contributed by atoms with E-state index in [-0.39, 0.29) is 5.92 Å². The molecule has 5 nitrogen and oxygen atoms in total. The van der Waals surface area contributed by atoms with Crippen molar-refractivity contribution in [2.45, 2.75) is 31.7 Å². The fourth-order valence-electron chi connectivity index (χ4n) is 3.19. The summed E-state index contributed by atoms with van der Waals surface area (Å²) in [5.41, 5.74) is 1.27. The Labute approximate surface area is 194 Å². The maximum Gasteiger partial charge on any atom is 0.490 e. The second-order valence-electron chi connectivity index (χ2n) is 7.38. The number of hydrogen-bond acceptors (Lipinski definition) is 4. The van der Waals surface area contributed by atoms with E-state index in [9.17, 15) is 18.3 Å². The Morgan fingerprint density at radius 2 is 1.50 bits per heavy atom. The molecule has 2 aromatic carbocycles. The van der Waals surface area contributed by atoms with Crippen molar-refractivity contribution in [1.82, 2.24) is 4.90 Å². The van der Waals surface area contributed by atoms with Gasteiger partial charge in [0.05, 0.1) is 6.10 Å². The van der Waals surface area contributed by atoms with Crippen LogP contribution in [0.5, 0.6) is 5.75 Å². The molecule has 1 saturated heterocycles. The summed E-state index contributed by atoms with van der Waals surface area (Å²) >= 11 is 11.8. The maximum absolute atomic E-state index is 10.6. The SMILES string of the molecule is O=C(O)C(F)(F)F.OC(COc1ccc(Cl)cc1)C1CCN(Cc2ccc(Cl)cc2)CC1. The molecule has 0 aromatic heterocycles. The molecule has 2 N–H and O–H groups in total. The number of carboxylic acids is 1. The van der Waals surface area contributed by atoms with E-state index < -0.39 is 18.2 Å². The standard InChI is InChI=1S/C20H23Cl2NO2.C2HF3O2/c21-17-3-1-15(2-4-17)13-23-11-9-16(10-12-23)20(24)14-25-19-7-5-18(22)6-8-19;3-2(4,5)1(6)7/h1-8,16,20,24H,9-14H2;(H,6,7). The van der Waals surface area contributed by atoms with Crippen LogP contribution in [0.3, 0.4) is 0 Å². The van der Waals surface area contributed by atoms with Crippen molar-refractivity contribution in [3.05, 3.63) is 64.1 Å². The lowest BCUT2D eigenvalue weighted by Gasteiger charge is -2.34. The third-order valence-electron chi connectivity index (χ3n) is 4.97. The van der Waals surface area contributed by atoms with Crippen LogP contribution in [0.1, 0.15) is 18.4 Å². The number of aliphatic hydroxyl groups is 1. The quantitative estimate of drug-likeness (QED) is 0.572. The van der Waals surface area contributed by atoms with Gasteiger partial charge in [0.25, 0.3) is 0 Å². The average molecular weight is 494 g/mol. The molecule has 2 aromatic rings. The second-order valence-corrected chi connectivity index (χ2v) is 8.25. The lowest BCUT2D eigenvalue weighted by molar-refractivity contribution is -0.192. The molecule has 1 unspecified atom stereocenters. The highest BCUT2D eigenvalue weighted by Crippen LogP contribution is 2.24. The van der Waals surface area contributed by atoms with Crippen LogP contribution < -0.4 is 4.74 Å². The van der Waals surface area contributed by atoms with Gasteiger partial charge in [-0.05, 0) is 73.8 Å². The lowest BCUT2D eigenvalue weighted by Crippen LogP contribution is -2.39. The zero-order chi connectivity index (χ0) is 23.7. The summed E-state index contributed by atoms with van der Waals surface area (Å²) in [6, 6.07) is 15.2. The minimum absolute atomic E-state index is 0.286. The fourth-order valence-corrected chi connectivity index (χ4v) is 3.44. The largest absolute Gasteiger partial charge is 0.491 e. The molecule has 32 heavy (non-hydrogen) atoms. The van der Waals surface area contributed by atoms with Gasteiger partial charge in [0, 0.05) is 16.6 Å². The number of piperidine rings is 1.